The molecule has 0 saturated heterocycles. The molecule has 0 aliphatic rings. The van der Waals surface area contributed by atoms with E-state index in [2.05, 4.69) is 401 Å². The zero-order valence-electron chi connectivity index (χ0n) is 80.0. The molecule has 0 unspecified atom stereocenters. The van der Waals surface area contributed by atoms with Crippen LogP contribution >= 0.6 is 45.3 Å². The normalized spacial score (nSPS) is 12.0. The Morgan fingerprint density at radius 1 is 0.275 bits per heavy atom. The number of furan rings is 4. The van der Waals surface area contributed by atoms with E-state index in [1.807, 2.05) is 83.5 Å². The van der Waals surface area contributed by atoms with Crippen molar-refractivity contribution in [3.05, 3.63) is 346 Å². The average Bonchev–Trinajstić information content (AvgIpc) is 1.56. The van der Waals surface area contributed by atoms with Crippen LogP contribution in [0.3, 0.4) is 0 Å². The summed E-state index contributed by atoms with van der Waals surface area (Å²) in [7, 11) is 8.60. The number of para-hydroxylation sites is 10. The fourth-order valence-corrected chi connectivity index (χ4v) is 26.6. The first kappa shape index (κ1) is 85.6. The van der Waals surface area contributed by atoms with Crippen LogP contribution in [0.15, 0.2) is 285 Å². The molecule has 0 N–H and O–H groups in total. The van der Waals surface area contributed by atoms with Gasteiger partial charge < -0.3 is 17.7 Å². The number of hydrogen-bond donors (Lipinski definition) is 0. The van der Waals surface area contributed by atoms with Crippen LogP contribution in [-0.2, 0) is 28.2 Å². The first-order valence-corrected chi connectivity index (χ1v) is 49.9. The lowest BCUT2D eigenvalue weighted by Crippen LogP contribution is -2.30. The largest absolute Gasteiger partial charge is 0.452 e. The third-order valence-corrected chi connectivity index (χ3v) is 32.8. The monoisotopic (exact) mass is 1870 g/mol. The number of nitrogens with zero attached hydrogens (tertiary/aromatic N) is 12. The van der Waals surface area contributed by atoms with Gasteiger partial charge in [-0.25, -0.2) is 38.2 Å². The summed E-state index contributed by atoms with van der Waals surface area (Å²) in [5, 5.41) is 8.95. The van der Waals surface area contributed by atoms with Crippen molar-refractivity contribution in [1.82, 2.24) is 38.2 Å². The van der Waals surface area contributed by atoms with E-state index in [9.17, 15) is 0 Å². The van der Waals surface area contributed by atoms with E-state index in [-0.39, 0.29) is 0 Å². The van der Waals surface area contributed by atoms with Crippen molar-refractivity contribution in [3.63, 3.8) is 0 Å². The molecule has 0 radical (unpaired) electrons. The Bertz CT molecular complexity index is 9500. The summed E-state index contributed by atoms with van der Waals surface area (Å²) in [4.78, 5) is 21.0. The molecule has 0 saturated carbocycles. The Hall–Kier alpha value is -15.3. The minimum Gasteiger partial charge on any atom is -0.452 e. The molecule has 674 valence electrons. The van der Waals surface area contributed by atoms with Crippen LogP contribution in [0.25, 0.3) is 227 Å². The van der Waals surface area contributed by atoms with Gasteiger partial charge in [0.1, 0.15) is 56.0 Å². The van der Waals surface area contributed by atoms with E-state index in [0.29, 0.717) is 11.4 Å². The lowest BCUT2D eigenvalue weighted by molar-refractivity contribution is -0.659. The molecule has 16 aromatic heterocycles. The van der Waals surface area contributed by atoms with Crippen molar-refractivity contribution < 1.29 is 35.9 Å². The molecule has 20 heteroatoms. The van der Waals surface area contributed by atoms with Gasteiger partial charge in [0.25, 0.3) is 23.3 Å². The molecule has 0 fully saturated rings. The van der Waals surface area contributed by atoms with E-state index >= 15 is 0 Å². The predicted molar refractivity (Wildman–Crippen MR) is 570 cm³/mol. The van der Waals surface area contributed by atoms with Crippen LogP contribution in [0.5, 0.6) is 0 Å². The first-order chi connectivity index (χ1) is 66.9. The van der Waals surface area contributed by atoms with Crippen molar-refractivity contribution in [1.29, 1.82) is 0 Å². The molecule has 0 bridgehead atoms. The number of aromatic nitrogens is 12. The summed E-state index contributed by atoms with van der Waals surface area (Å²) in [5.41, 5.74) is 39.0. The second-order valence-electron chi connectivity index (χ2n) is 37.0. The van der Waals surface area contributed by atoms with Crippen LogP contribution < -0.4 is 18.3 Å². The van der Waals surface area contributed by atoms with Gasteiger partial charge in [-0.2, -0.15) is 18.3 Å². The molecule has 0 atom stereocenters. The van der Waals surface area contributed by atoms with Crippen molar-refractivity contribution in [2.75, 3.05) is 0 Å². The Labute approximate surface area is 811 Å². The van der Waals surface area contributed by atoms with Gasteiger partial charge >= 0.3 is 0 Å². The molecular weight excluding hydrogens is 1780 g/mol. The SMILES string of the molecule is Cc1ccc2c(n1)oc1c3cc(C)c(-c4n(-c5c(C)cccc5C)c5ccccc5[n+]4C)cc3oc21.Cc1ccc2c(n1)oc1c3ccc(C)c(-c4n(-c5ccccc5C)c5ccccc5[n+]4C)c3oc21.Cc1ccc2c(n1)sc1c3cc(C)c(-c4n(-c5c(C)cccc5C)cc[n+]4C)cc3sc21.Cc1ccc2c(n1)sc1c3ccc(C)c(-c4n(-c5ccccc5C)c5ccccc5[n+]4C)c3sc21. The third-order valence-electron chi connectivity index (χ3n) is 27.8. The number of thiophene rings is 4. The fourth-order valence-electron chi connectivity index (χ4n) is 21.1. The third kappa shape index (κ3) is 13.4. The molecule has 0 aliphatic heterocycles. The highest BCUT2D eigenvalue weighted by Crippen LogP contribution is 2.51. The smallest absolute Gasteiger partial charge is 0.298 e. The van der Waals surface area contributed by atoms with E-state index in [1.165, 1.54) is 156 Å². The zero-order chi connectivity index (χ0) is 94.5. The summed E-state index contributed by atoms with van der Waals surface area (Å²) in [6.45, 7) is 29.9. The van der Waals surface area contributed by atoms with E-state index in [4.69, 9.17) is 27.6 Å². The van der Waals surface area contributed by atoms with Crippen LogP contribution in [0.2, 0.25) is 0 Å². The predicted octanol–water partition coefficient (Wildman–Crippen LogP) is 29.7. The van der Waals surface area contributed by atoms with Gasteiger partial charge in [0.2, 0.25) is 11.4 Å². The quantitative estimate of drug-likeness (QED) is 0.137. The number of benzene rings is 11. The van der Waals surface area contributed by atoms with Gasteiger partial charge in [-0.15, -0.1) is 45.3 Å². The van der Waals surface area contributed by atoms with Gasteiger partial charge in [-0.3, -0.25) is 0 Å². The minimum absolute atomic E-state index is 0.613. The van der Waals surface area contributed by atoms with Crippen LogP contribution in [0, 0.1) is 96.9 Å². The summed E-state index contributed by atoms with van der Waals surface area (Å²) >= 11 is 7.44. The molecule has 27 rings (SSSR count). The summed E-state index contributed by atoms with van der Waals surface area (Å²) < 4.78 is 52.2. The Morgan fingerprint density at radius 2 is 0.688 bits per heavy atom. The first-order valence-electron chi connectivity index (χ1n) is 46.6. The fraction of sp³-hybridized carbons (Fsp3) is 0.153. The van der Waals surface area contributed by atoms with Crippen molar-refractivity contribution in [3.8, 4) is 68.3 Å². The number of hydrogen-bond acceptors (Lipinski definition) is 12. The molecular formula is C118H98N12O4S4+4. The highest BCUT2D eigenvalue weighted by atomic mass is 32.1. The van der Waals surface area contributed by atoms with Crippen LogP contribution in [0.4, 0.5) is 0 Å². The topological polar surface area (TPSA) is 139 Å². The number of aryl methyl sites for hydroxylation is 18. The average molecular weight is 1880 g/mol. The maximum atomic E-state index is 6.62. The Morgan fingerprint density at radius 3 is 1.25 bits per heavy atom. The molecule has 16 heterocycles. The second kappa shape index (κ2) is 32.7. The minimum atomic E-state index is 0.613. The molecule has 138 heavy (non-hydrogen) atoms. The molecule has 0 aliphatic carbocycles. The van der Waals surface area contributed by atoms with E-state index in [0.717, 1.165) is 138 Å². The Kier molecular flexibility index (Phi) is 20.3. The lowest BCUT2D eigenvalue weighted by atomic mass is 10.0. The van der Waals surface area contributed by atoms with Crippen LogP contribution in [-0.4, -0.2) is 38.2 Å². The number of pyridine rings is 4. The maximum Gasteiger partial charge on any atom is 0.298 e. The number of imidazole rings is 4. The van der Waals surface area contributed by atoms with Crippen LogP contribution in [0.1, 0.15) is 78.4 Å². The maximum absolute atomic E-state index is 6.62. The van der Waals surface area contributed by atoms with Gasteiger partial charge in [-0.05, 0) is 280 Å². The molecule has 27 aromatic rings. The van der Waals surface area contributed by atoms with Crippen molar-refractivity contribution in [2.24, 2.45) is 28.2 Å². The van der Waals surface area contributed by atoms with Gasteiger partial charge in [0.15, 0.2) is 61.0 Å². The molecule has 0 amide bonds. The number of rotatable bonds is 8. The summed E-state index contributed by atoms with van der Waals surface area (Å²) in [6.07, 6.45) is 4.34. The standard InChI is InChI=1S/C31H26N3O2.C30H24N3O2.C30H24N3S2.C27H24N3S2/c1-17-9-8-10-18(2)27(17)34-25-12-7-6-11-24(25)33(5)31(34)22-16-26-23(15-19(22)3)29-28(35-26)21-14-13-20(4)32-30(21)36-29;2*1-17-9-5-6-10-22(17)33-24-12-8-7-11-23(24)32(4)30(33)25-18(2)13-15-20-26(25)34-28-21-16-14-19(3)31-29(21)35-27(20)28;1-15-7-6-8-16(2)23(15)30-12-11-29(5)27(30)20-14-22-21(13-17(20)3)25-24(31-22)19-10-9-18(4)28-26(19)32-25/h6-16H,1-5H3;2*5-16H,1-4H3;6-14H,1-5H3/q4*+1. The lowest BCUT2D eigenvalue weighted by Gasteiger charge is -2.11. The van der Waals surface area contributed by atoms with Crippen molar-refractivity contribution >= 4 is 204 Å². The van der Waals surface area contributed by atoms with E-state index in [1.54, 1.807) is 0 Å². The highest BCUT2D eigenvalue weighted by molar-refractivity contribution is 7.37. The van der Waals surface area contributed by atoms with E-state index < -0.39 is 0 Å². The second-order valence-corrected chi connectivity index (χ2v) is 41.1. The van der Waals surface area contributed by atoms with Gasteiger partial charge in [-0.1, -0.05) is 127 Å². The zero-order valence-corrected chi connectivity index (χ0v) is 83.3. The molecule has 16 nitrogen and oxygen atoms in total. The highest BCUT2D eigenvalue weighted by Gasteiger charge is 2.37. The van der Waals surface area contributed by atoms with Gasteiger partial charge in [0, 0.05) is 49.0 Å². The van der Waals surface area contributed by atoms with Gasteiger partial charge in [0.05, 0.1) is 89.9 Å². The Balaban J connectivity index is 0.000000100. The van der Waals surface area contributed by atoms with Crippen molar-refractivity contribution in [2.45, 2.75) is 96.9 Å². The number of fused-ring (bicyclic) bond motifs is 23. The summed E-state index contributed by atoms with van der Waals surface area (Å²) in [5.74, 6) is 4.61. The summed E-state index contributed by atoms with van der Waals surface area (Å²) in [6, 6.07) is 90.7. The molecule has 0 spiro atoms. The molecule has 11 aromatic carbocycles.